The van der Waals surface area contributed by atoms with Crippen molar-refractivity contribution in [1.29, 1.82) is 0 Å². The highest BCUT2D eigenvalue weighted by Crippen LogP contribution is 2.40. The van der Waals surface area contributed by atoms with E-state index in [1.165, 1.54) is 6.07 Å². The highest BCUT2D eigenvalue weighted by molar-refractivity contribution is 6.31. The normalized spacial score (nSPS) is 12.9. The Morgan fingerprint density at radius 1 is 1.56 bits per heavy atom. The maximum Gasteiger partial charge on any atom is 0.231 e. The zero-order chi connectivity index (χ0) is 11.7. The first-order valence-electron chi connectivity index (χ1n) is 4.66. The lowest BCUT2D eigenvalue weighted by Crippen LogP contribution is -2.11. The van der Waals surface area contributed by atoms with Crippen molar-refractivity contribution < 1.29 is 18.7 Å². The van der Waals surface area contributed by atoms with E-state index in [0.717, 1.165) is 0 Å². The van der Waals surface area contributed by atoms with Gasteiger partial charge in [0, 0.05) is 12.5 Å². The molecule has 2 N–H and O–H groups in total. The second-order valence-corrected chi connectivity index (χ2v) is 3.65. The van der Waals surface area contributed by atoms with Crippen LogP contribution in [0, 0.1) is 5.82 Å². The van der Waals surface area contributed by atoms with Gasteiger partial charge in [-0.1, -0.05) is 11.6 Å². The van der Waals surface area contributed by atoms with Crippen molar-refractivity contribution in [1.82, 2.24) is 0 Å². The van der Waals surface area contributed by atoms with Gasteiger partial charge in [0.2, 0.25) is 6.79 Å². The maximum atomic E-state index is 13.7. The summed E-state index contributed by atoms with van der Waals surface area (Å²) < 4.78 is 23.8. The Morgan fingerprint density at radius 3 is 3.00 bits per heavy atom. The highest BCUT2D eigenvalue weighted by Gasteiger charge is 2.27. The molecule has 0 saturated heterocycles. The van der Waals surface area contributed by atoms with E-state index in [4.69, 9.17) is 26.8 Å². The third-order valence-corrected chi connectivity index (χ3v) is 2.48. The topological polar surface area (TPSA) is 61.6 Å². The van der Waals surface area contributed by atoms with Gasteiger partial charge in [-0.3, -0.25) is 4.79 Å². The Kier molecular flexibility index (Phi) is 2.98. The van der Waals surface area contributed by atoms with Crippen LogP contribution in [0.3, 0.4) is 0 Å². The van der Waals surface area contributed by atoms with E-state index in [9.17, 15) is 9.18 Å². The van der Waals surface area contributed by atoms with Crippen LogP contribution in [0.1, 0.15) is 16.8 Å². The first kappa shape index (κ1) is 11.2. The van der Waals surface area contributed by atoms with E-state index < -0.39 is 11.6 Å². The molecular formula is C10H9ClFNO3. The molecule has 1 heterocycles. The number of fused-ring (bicyclic) bond motifs is 1. The molecule has 0 atom stereocenters. The minimum atomic E-state index is -0.788. The van der Waals surface area contributed by atoms with E-state index in [0.29, 0.717) is 0 Å². The number of benzene rings is 1. The van der Waals surface area contributed by atoms with Crippen LogP contribution in [-0.4, -0.2) is 19.1 Å². The van der Waals surface area contributed by atoms with Crippen LogP contribution in [0.15, 0.2) is 6.07 Å². The largest absolute Gasteiger partial charge is 0.454 e. The van der Waals surface area contributed by atoms with Crippen molar-refractivity contribution in [3.63, 3.8) is 0 Å². The van der Waals surface area contributed by atoms with Gasteiger partial charge in [-0.25, -0.2) is 4.39 Å². The Labute approximate surface area is 96.1 Å². The van der Waals surface area contributed by atoms with Gasteiger partial charge in [-0.2, -0.15) is 0 Å². The molecule has 0 aromatic heterocycles. The van der Waals surface area contributed by atoms with E-state index in [-0.39, 0.29) is 41.8 Å². The minimum absolute atomic E-state index is 0.0348. The average molecular weight is 246 g/mol. The van der Waals surface area contributed by atoms with Crippen molar-refractivity contribution >= 4 is 17.4 Å². The monoisotopic (exact) mass is 245 g/mol. The molecule has 0 amide bonds. The molecule has 0 saturated carbocycles. The van der Waals surface area contributed by atoms with Gasteiger partial charge in [0.05, 0.1) is 5.02 Å². The molecule has 0 unspecified atom stereocenters. The molecule has 0 radical (unpaired) electrons. The number of carbonyl (C=O) groups is 1. The fourth-order valence-electron chi connectivity index (χ4n) is 1.49. The summed E-state index contributed by atoms with van der Waals surface area (Å²) in [6.07, 6.45) is 0.0348. The molecular weight excluding hydrogens is 237 g/mol. The summed E-state index contributed by atoms with van der Waals surface area (Å²) in [5.41, 5.74) is 5.08. The standard InChI is InChI=1S/C10H9ClFNO3/c11-5-3-7-10(16-4-15-7)8(9(5)12)6(14)1-2-13/h3H,1-2,4,13H2. The van der Waals surface area contributed by atoms with Gasteiger partial charge in [0.15, 0.2) is 23.1 Å². The summed E-state index contributed by atoms with van der Waals surface area (Å²) in [6.45, 7) is 0.0957. The van der Waals surface area contributed by atoms with Crippen LogP contribution in [-0.2, 0) is 0 Å². The molecule has 1 aromatic rings. The van der Waals surface area contributed by atoms with Crippen LogP contribution in [0.4, 0.5) is 4.39 Å². The molecule has 0 spiro atoms. The maximum absolute atomic E-state index is 13.7. The van der Waals surface area contributed by atoms with Crippen molar-refractivity contribution in [2.75, 3.05) is 13.3 Å². The molecule has 86 valence electrons. The summed E-state index contributed by atoms with van der Waals surface area (Å²) >= 11 is 5.65. The van der Waals surface area contributed by atoms with Crippen LogP contribution in [0.5, 0.6) is 11.5 Å². The van der Waals surface area contributed by atoms with E-state index in [2.05, 4.69) is 0 Å². The SMILES string of the molecule is NCCC(=O)c1c(F)c(Cl)cc2c1OCO2. The van der Waals surface area contributed by atoms with E-state index >= 15 is 0 Å². The Bertz CT molecular complexity index is 450. The molecule has 1 aliphatic rings. The van der Waals surface area contributed by atoms with Gasteiger partial charge >= 0.3 is 0 Å². The van der Waals surface area contributed by atoms with Crippen LogP contribution >= 0.6 is 11.6 Å². The number of carbonyl (C=O) groups excluding carboxylic acids is 1. The van der Waals surface area contributed by atoms with Gasteiger partial charge in [-0.05, 0) is 6.54 Å². The number of Topliss-reactive ketones (excluding diaryl/α,β-unsaturated/α-hetero) is 1. The summed E-state index contributed by atoms with van der Waals surface area (Å²) in [5, 5.41) is -0.162. The third kappa shape index (κ3) is 1.72. The Morgan fingerprint density at radius 2 is 2.31 bits per heavy atom. The molecule has 0 fully saturated rings. The number of hydrogen-bond acceptors (Lipinski definition) is 4. The quantitative estimate of drug-likeness (QED) is 0.824. The zero-order valence-corrected chi connectivity index (χ0v) is 9.01. The van der Waals surface area contributed by atoms with Crippen molar-refractivity contribution in [2.45, 2.75) is 6.42 Å². The number of ether oxygens (including phenoxy) is 2. The van der Waals surface area contributed by atoms with Gasteiger partial charge in [-0.15, -0.1) is 0 Å². The molecule has 6 heteroatoms. The molecule has 1 aliphatic heterocycles. The number of nitrogens with two attached hydrogens (primary N) is 1. The lowest BCUT2D eigenvalue weighted by Gasteiger charge is -2.07. The molecule has 0 aliphatic carbocycles. The number of ketones is 1. The van der Waals surface area contributed by atoms with E-state index in [1.807, 2.05) is 0 Å². The lowest BCUT2D eigenvalue weighted by molar-refractivity contribution is 0.0976. The summed E-state index contributed by atoms with van der Waals surface area (Å²) in [7, 11) is 0. The smallest absolute Gasteiger partial charge is 0.231 e. The van der Waals surface area contributed by atoms with Gasteiger partial charge in [0.1, 0.15) is 5.56 Å². The predicted molar refractivity (Wildman–Crippen MR) is 55.5 cm³/mol. The molecule has 16 heavy (non-hydrogen) atoms. The third-order valence-electron chi connectivity index (χ3n) is 2.21. The van der Waals surface area contributed by atoms with Gasteiger partial charge in [0.25, 0.3) is 0 Å². The molecule has 2 rings (SSSR count). The Balaban J connectivity index is 2.54. The van der Waals surface area contributed by atoms with Gasteiger partial charge < -0.3 is 15.2 Å². The molecule has 1 aromatic carbocycles. The molecule has 0 bridgehead atoms. The number of halogens is 2. The summed E-state index contributed by atoms with van der Waals surface area (Å²) in [6, 6.07) is 1.29. The van der Waals surface area contributed by atoms with Crippen LogP contribution in [0.2, 0.25) is 5.02 Å². The first-order chi connectivity index (χ1) is 7.65. The van der Waals surface area contributed by atoms with Crippen molar-refractivity contribution in [3.8, 4) is 11.5 Å². The number of rotatable bonds is 3. The summed E-state index contributed by atoms with van der Waals surface area (Å²) in [4.78, 5) is 11.7. The van der Waals surface area contributed by atoms with Crippen LogP contribution in [0.25, 0.3) is 0 Å². The van der Waals surface area contributed by atoms with Crippen LogP contribution < -0.4 is 15.2 Å². The Hall–Kier alpha value is -1.33. The average Bonchev–Trinajstić information content (AvgIpc) is 2.67. The zero-order valence-electron chi connectivity index (χ0n) is 8.26. The fourth-order valence-corrected chi connectivity index (χ4v) is 1.69. The van der Waals surface area contributed by atoms with Crippen molar-refractivity contribution in [2.24, 2.45) is 5.73 Å². The minimum Gasteiger partial charge on any atom is -0.454 e. The van der Waals surface area contributed by atoms with Crippen molar-refractivity contribution in [3.05, 3.63) is 22.5 Å². The number of hydrogen-bond donors (Lipinski definition) is 1. The lowest BCUT2D eigenvalue weighted by atomic mass is 10.1. The second kappa shape index (κ2) is 4.27. The first-order valence-corrected chi connectivity index (χ1v) is 5.03. The second-order valence-electron chi connectivity index (χ2n) is 3.24. The molecule has 4 nitrogen and oxygen atoms in total. The summed E-state index contributed by atoms with van der Waals surface area (Å²) in [5.74, 6) is -0.833. The predicted octanol–water partition coefficient (Wildman–Crippen LogP) is 1.74. The van der Waals surface area contributed by atoms with E-state index in [1.54, 1.807) is 0 Å². The fraction of sp³-hybridized carbons (Fsp3) is 0.300. The highest BCUT2D eigenvalue weighted by atomic mass is 35.5.